The largest absolute Gasteiger partial charge is 0.496 e. The minimum absolute atomic E-state index is 0.00255. The fraction of sp³-hybridized carbons (Fsp3) is 0.438. The molecule has 2 fully saturated rings. The number of nitrogens with one attached hydrogen (secondary N) is 1. The van der Waals surface area contributed by atoms with Crippen LogP contribution in [0.1, 0.15) is 67.9 Å². The van der Waals surface area contributed by atoms with E-state index >= 15 is 0 Å². The number of aromatic nitrogens is 4. The number of fused-ring (bicyclic) bond motifs is 1. The Morgan fingerprint density at radius 2 is 1.84 bits per heavy atom. The van der Waals surface area contributed by atoms with Crippen LogP contribution in [0.15, 0.2) is 43.0 Å². The topological polar surface area (TPSA) is 123 Å². The van der Waals surface area contributed by atoms with Gasteiger partial charge in [-0.25, -0.2) is 18.9 Å². The molecule has 6 rings (SSSR count). The molecule has 11 nitrogen and oxygen atoms in total. The fourth-order valence-electron chi connectivity index (χ4n) is 5.57. The van der Waals surface area contributed by atoms with Gasteiger partial charge in [0.2, 0.25) is 0 Å². The number of carbonyl (C=O) groups is 2. The van der Waals surface area contributed by atoms with Gasteiger partial charge in [0.25, 0.3) is 5.91 Å². The summed E-state index contributed by atoms with van der Waals surface area (Å²) in [7, 11) is 1.54. The fourth-order valence-corrected chi connectivity index (χ4v) is 5.57. The Labute approximate surface area is 254 Å². The molecule has 2 amide bonds. The molecule has 0 unspecified atom stereocenters. The highest BCUT2D eigenvalue weighted by molar-refractivity contribution is 5.96. The summed E-state index contributed by atoms with van der Waals surface area (Å²) in [6.07, 6.45) is 8.93. The van der Waals surface area contributed by atoms with Gasteiger partial charge in [-0.2, -0.15) is 5.10 Å². The number of nitrogens with zero attached hydrogens (tertiary/aromatic N) is 5. The van der Waals surface area contributed by atoms with Crippen LogP contribution in [0.5, 0.6) is 5.75 Å². The van der Waals surface area contributed by atoms with Crippen molar-refractivity contribution in [2.45, 2.75) is 70.6 Å². The van der Waals surface area contributed by atoms with E-state index in [1.165, 1.54) is 6.07 Å². The monoisotopic (exact) mass is 604 g/mol. The number of amides is 2. The molecule has 0 bridgehead atoms. The maximum absolute atomic E-state index is 14.7. The first kappa shape index (κ1) is 29.6. The van der Waals surface area contributed by atoms with Gasteiger partial charge in [0.05, 0.1) is 30.7 Å². The van der Waals surface area contributed by atoms with Crippen LogP contribution in [0.2, 0.25) is 0 Å². The summed E-state index contributed by atoms with van der Waals surface area (Å²) >= 11 is 0. The van der Waals surface area contributed by atoms with E-state index in [0.29, 0.717) is 65.4 Å². The van der Waals surface area contributed by atoms with Crippen molar-refractivity contribution >= 4 is 17.6 Å². The second-order valence-corrected chi connectivity index (χ2v) is 12.7. The van der Waals surface area contributed by atoms with Gasteiger partial charge in [-0.1, -0.05) is 0 Å². The Morgan fingerprint density at radius 1 is 1.11 bits per heavy atom. The lowest BCUT2D eigenvalue weighted by Crippen LogP contribution is -2.47. The summed E-state index contributed by atoms with van der Waals surface area (Å²) in [6.45, 7) is 7.91. The number of pyridine rings is 1. The highest BCUT2D eigenvalue weighted by Gasteiger charge is 2.39. The van der Waals surface area contributed by atoms with E-state index in [9.17, 15) is 19.1 Å². The molecular weight excluding hydrogens is 567 g/mol. The third kappa shape index (κ3) is 5.73. The number of benzene rings is 1. The quantitative estimate of drug-likeness (QED) is 0.326. The highest BCUT2D eigenvalue weighted by atomic mass is 19.1. The summed E-state index contributed by atoms with van der Waals surface area (Å²) in [5, 5.41) is 19.2. The smallest absolute Gasteiger partial charge is 0.410 e. The van der Waals surface area contributed by atoms with Crippen LogP contribution < -0.4 is 10.1 Å². The maximum Gasteiger partial charge on any atom is 0.410 e. The number of hydrogen-bond acceptors (Lipinski definition) is 7. The predicted octanol–water partition coefficient (Wildman–Crippen LogP) is 4.75. The standard InChI is InChI=1S/C32H37FN6O5/c1-19-12-25(33)23(29(40)36-21-6-7-21)13-22(19)20-15-35-39(17-20)28-16-34-27-14-26(43-5)24(18-38(27)28)32(42)8-10-37(11-9-32)30(41)44-31(2,3)4/h12-18,21,42H,6-11H2,1-5H3,(H,36,40). The molecule has 0 spiro atoms. The molecule has 12 heteroatoms. The van der Waals surface area contributed by atoms with Crippen molar-refractivity contribution in [2.24, 2.45) is 0 Å². The highest BCUT2D eigenvalue weighted by Crippen LogP contribution is 2.39. The molecule has 4 aromatic rings. The van der Waals surface area contributed by atoms with Gasteiger partial charge in [0.15, 0.2) is 5.82 Å². The van der Waals surface area contributed by atoms with E-state index in [-0.39, 0.29) is 11.6 Å². The Balaban J connectivity index is 1.30. The van der Waals surface area contributed by atoms with Crippen molar-refractivity contribution in [3.63, 3.8) is 0 Å². The number of aryl methyl sites for hydroxylation is 1. The number of halogens is 1. The summed E-state index contributed by atoms with van der Waals surface area (Å²) in [5.41, 5.74) is 1.38. The molecule has 3 aromatic heterocycles. The van der Waals surface area contributed by atoms with E-state index in [4.69, 9.17) is 9.47 Å². The molecule has 44 heavy (non-hydrogen) atoms. The van der Waals surface area contributed by atoms with Crippen LogP contribution in [0, 0.1) is 12.7 Å². The summed E-state index contributed by atoms with van der Waals surface area (Å²) in [5.74, 6) is 0.117. The van der Waals surface area contributed by atoms with E-state index in [1.54, 1.807) is 60.5 Å². The zero-order valence-electron chi connectivity index (χ0n) is 25.6. The van der Waals surface area contributed by atoms with Crippen molar-refractivity contribution in [3.8, 4) is 22.7 Å². The molecule has 2 aliphatic rings. The van der Waals surface area contributed by atoms with Crippen molar-refractivity contribution < 1.29 is 28.6 Å². The number of methoxy groups -OCH3 is 1. The number of carbonyl (C=O) groups excluding carboxylic acids is 2. The Bertz CT molecular complexity index is 1740. The molecule has 1 aliphatic carbocycles. The van der Waals surface area contributed by atoms with E-state index in [0.717, 1.165) is 12.8 Å². The molecule has 1 aliphatic heterocycles. The number of rotatable bonds is 6. The molecule has 1 saturated carbocycles. The number of aliphatic hydroxyl groups is 1. The first-order chi connectivity index (χ1) is 20.8. The molecular formula is C32H37FN6O5. The van der Waals surface area contributed by atoms with Crippen LogP contribution in [-0.2, 0) is 10.3 Å². The van der Waals surface area contributed by atoms with Gasteiger partial charge in [0.1, 0.15) is 22.8 Å². The number of ether oxygens (including phenoxy) is 2. The maximum atomic E-state index is 14.7. The van der Waals surface area contributed by atoms with E-state index < -0.39 is 29.0 Å². The zero-order valence-corrected chi connectivity index (χ0v) is 25.6. The minimum atomic E-state index is -1.25. The van der Waals surface area contributed by atoms with Crippen LogP contribution in [0.25, 0.3) is 22.6 Å². The molecule has 0 radical (unpaired) electrons. The summed E-state index contributed by atoms with van der Waals surface area (Å²) in [6, 6.07) is 4.82. The average Bonchev–Trinajstić information content (AvgIpc) is 3.47. The van der Waals surface area contributed by atoms with Gasteiger partial charge >= 0.3 is 6.09 Å². The third-order valence-corrected chi connectivity index (χ3v) is 8.15. The Kier molecular flexibility index (Phi) is 7.35. The van der Waals surface area contributed by atoms with Gasteiger partial charge < -0.3 is 24.8 Å². The molecule has 1 saturated heterocycles. The van der Waals surface area contributed by atoms with E-state index in [1.807, 2.05) is 25.2 Å². The molecule has 0 atom stereocenters. The first-order valence-electron chi connectivity index (χ1n) is 14.8. The van der Waals surface area contributed by atoms with Gasteiger partial charge in [0, 0.05) is 48.7 Å². The van der Waals surface area contributed by atoms with Crippen LogP contribution in [0.4, 0.5) is 9.18 Å². The Morgan fingerprint density at radius 3 is 2.50 bits per heavy atom. The molecule has 4 heterocycles. The third-order valence-electron chi connectivity index (χ3n) is 8.15. The van der Waals surface area contributed by atoms with Crippen molar-refractivity contribution in [1.29, 1.82) is 0 Å². The average molecular weight is 605 g/mol. The minimum Gasteiger partial charge on any atom is -0.496 e. The van der Waals surface area contributed by atoms with Crippen molar-refractivity contribution in [2.75, 3.05) is 20.2 Å². The summed E-state index contributed by atoms with van der Waals surface area (Å²) < 4.78 is 29.4. The first-order valence-corrected chi connectivity index (χ1v) is 14.8. The Hall–Kier alpha value is -4.45. The number of imidazole rings is 1. The zero-order chi connectivity index (χ0) is 31.4. The normalized spacial score (nSPS) is 16.7. The van der Waals surface area contributed by atoms with Crippen LogP contribution in [-0.4, -0.2) is 73.0 Å². The molecule has 2 N–H and O–H groups in total. The second-order valence-electron chi connectivity index (χ2n) is 12.7. The lowest BCUT2D eigenvalue weighted by Gasteiger charge is -2.39. The van der Waals surface area contributed by atoms with Crippen LogP contribution in [0.3, 0.4) is 0 Å². The predicted molar refractivity (Wildman–Crippen MR) is 160 cm³/mol. The van der Waals surface area contributed by atoms with Crippen LogP contribution >= 0.6 is 0 Å². The van der Waals surface area contributed by atoms with Gasteiger partial charge in [-0.15, -0.1) is 0 Å². The lowest BCUT2D eigenvalue weighted by molar-refractivity contribution is -0.0369. The van der Waals surface area contributed by atoms with Gasteiger partial charge in [-0.05, 0) is 76.6 Å². The SMILES string of the molecule is COc1cc2ncc(-n3cc(-c4cc(C(=O)NC5CC5)c(F)cc4C)cn3)n2cc1C1(O)CCN(C(=O)OC(C)(C)C)CC1. The van der Waals surface area contributed by atoms with Gasteiger partial charge in [-0.3, -0.25) is 9.20 Å². The summed E-state index contributed by atoms with van der Waals surface area (Å²) in [4.78, 5) is 31.4. The van der Waals surface area contributed by atoms with Crippen molar-refractivity contribution in [3.05, 3.63) is 65.5 Å². The lowest BCUT2D eigenvalue weighted by atomic mass is 9.85. The van der Waals surface area contributed by atoms with Crippen molar-refractivity contribution in [1.82, 2.24) is 29.4 Å². The second kappa shape index (κ2) is 10.9. The number of likely N-dealkylation sites (tertiary alicyclic amines) is 1. The number of piperidine rings is 1. The molecule has 232 valence electrons. The van der Waals surface area contributed by atoms with E-state index in [2.05, 4.69) is 15.4 Å². The molecule has 1 aromatic carbocycles. The number of hydrogen-bond donors (Lipinski definition) is 2.